The lowest BCUT2D eigenvalue weighted by atomic mass is 9.95. The second kappa shape index (κ2) is 5.49. The molecule has 1 aliphatic heterocycles. The zero-order chi connectivity index (χ0) is 15.7. The average molecular weight is 313 g/mol. The summed E-state index contributed by atoms with van der Waals surface area (Å²) in [5, 5.41) is 0.585. The Bertz CT molecular complexity index is 761. The molecule has 3 nitrogen and oxygen atoms in total. The van der Waals surface area contributed by atoms with Gasteiger partial charge in [-0.15, -0.1) is 6.42 Å². The van der Waals surface area contributed by atoms with Crippen LogP contribution in [0.2, 0.25) is 5.02 Å². The standard InChI is InChI=1S/C18H13ClO3/c1-3-12(2)21-18(13-8-10-14(19)11-9-13)16-7-5-4-6-15(16)17(20)22-18/h1,4-12H,2H3/t12-,18-/m0/s1. The number of carbonyl (C=O) groups is 1. The maximum Gasteiger partial charge on any atom is 0.341 e. The predicted octanol–water partition coefficient (Wildman–Crippen LogP) is 3.75. The molecule has 1 heterocycles. The molecule has 0 spiro atoms. The van der Waals surface area contributed by atoms with Crippen molar-refractivity contribution in [3.63, 3.8) is 0 Å². The number of rotatable bonds is 3. The SMILES string of the molecule is C#C[C@H](C)O[C@@]1(c2ccc(Cl)cc2)OC(=O)c2ccccc21. The van der Waals surface area contributed by atoms with Gasteiger partial charge in [0.25, 0.3) is 5.79 Å². The van der Waals surface area contributed by atoms with E-state index >= 15 is 0 Å². The number of esters is 1. The van der Waals surface area contributed by atoms with Crippen LogP contribution in [0.1, 0.15) is 28.4 Å². The molecular weight excluding hydrogens is 300 g/mol. The average Bonchev–Trinajstić information content (AvgIpc) is 2.82. The number of carbonyl (C=O) groups excluding carboxylic acids is 1. The summed E-state index contributed by atoms with van der Waals surface area (Å²) in [5.74, 6) is 0.725. The molecule has 110 valence electrons. The van der Waals surface area contributed by atoms with E-state index < -0.39 is 17.9 Å². The van der Waals surface area contributed by atoms with Gasteiger partial charge in [-0.05, 0) is 25.1 Å². The lowest BCUT2D eigenvalue weighted by molar-refractivity contribution is -0.186. The van der Waals surface area contributed by atoms with Crippen molar-refractivity contribution in [2.24, 2.45) is 0 Å². The van der Waals surface area contributed by atoms with Crippen LogP contribution >= 0.6 is 11.6 Å². The fourth-order valence-electron chi connectivity index (χ4n) is 2.51. The van der Waals surface area contributed by atoms with E-state index in [1.165, 1.54) is 0 Å². The van der Waals surface area contributed by atoms with Gasteiger partial charge in [0.1, 0.15) is 6.10 Å². The van der Waals surface area contributed by atoms with Crippen LogP contribution in [-0.2, 0) is 15.3 Å². The van der Waals surface area contributed by atoms with E-state index in [4.69, 9.17) is 27.5 Å². The van der Waals surface area contributed by atoms with Gasteiger partial charge < -0.3 is 9.47 Å². The molecule has 0 N–H and O–H groups in total. The van der Waals surface area contributed by atoms with Crippen LogP contribution in [0.5, 0.6) is 0 Å². The summed E-state index contributed by atoms with van der Waals surface area (Å²) in [7, 11) is 0. The largest absolute Gasteiger partial charge is 0.420 e. The van der Waals surface area contributed by atoms with Crippen LogP contribution in [0.3, 0.4) is 0 Å². The molecule has 3 rings (SSSR count). The second-order valence-electron chi connectivity index (χ2n) is 4.99. The molecule has 2 aromatic carbocycles. The van der Waals surface area contributed by atoms with Crippen molar-refractivity contribution in [1.82, 2.24) is 0 Å². The van der Waals surface area contributed by atoms with Crippen LogP contribution in [0, 0.1) is 12.3 Å². The van der Waals surface area contributed by atoms with Crippen LogP contribution in [0.4, 0.5) is 0 Å². The Morgan fingerprint density at radius 3 is 2.59 bits per heavy atom. The lowest BCUT2D eigenvalue weighted by Gasteiger charge is -2.30. The van der Waals surface area contributed by atoms with Crippen LogP contribution < -0.4 is 0 Å². The fraction of sp³-hybridized carbons (Fsp3) is 0.167. The number of fused-ring (bicyclic) bond motifs is 1. The molecule has 2 atom stereocenters. The predicted molar refractivity (Wildman–Crippen MR) is 83.5 cm³/mol. The summed E-state index contributed by atoms with van der Waals surface area (Å²) in [5.41, 5.74) is 1.78. The van der Waals surface area contributed by atoms with E-state index in [1.54, 1.807) is 49.4 Å². The van der Waals surface area contributed by atoms with Crippen molar-refractivity contribution in [2.45, 2.75) is 18.8 Å². The molecule has 0 bridgehead atoms. The molecule has 0 amide bonds. The lowest BCUT2D eigenvalue weighted by Crippen LogP contribution is -2.34. The van der Waals surface area contributed by atoms with E-state index in [-0.39, 0.29) is 0 Å². The normalized spacial score (nSPS) is 20.9. The van der Waals surface area contributed by atoms with Crippen LogP contribution in [0.15, 0.2) is 48.5 Å². The monoisotopic (exact) mass is 312 g/mol. The van der Waals surface area contributed by atoms with Crippen molar-refractivity contribution < 1.29 is 14.3 Å². The van der Waals surface area contributed by atoms with Crippen LogP contribution in [-0.4, -0.2) is 12.1 Å². The van der Waals surface area contributed by atoms with Crippen molar-refractivity contribution in [3.05, 3.63) is 70.2 Å². The van der Waals surface area contributed by atoms with Crippen molar-refractivity contribution in [2.75, 3.05) is 0 Å². The molecule has 0 unspecified atom stereocenters. The topological polar surface area (TPSA) is 35.5 Å². The van der Waals surface area contributed by atoms with E-state index in [0.717, 1.165) is 0 Å². The van der Waals surface area contributed by atoms with E-state index in [0.29, 0.717) is 21.7 Å². The third-order valence-electron chi connectivity index (χ3n) is 3.54. The Kier molecular flexibility index (Phi) is 3.66. The Morgan fingerprint density at radius 1 is 1.23 bits per heavy atom. The van der Waals surface area contributed by atoms with E-state index in [1.807, 2.05) is 6.07 Å². The first-order chi connectivity index (χ1) is 10.6. The number of hydrogen-bond acceptors (Lipinski definition) is 3. The number of benzene rings is 2. The molecule has 4 heteroatoms. The Hall–Kier alpha value is -2.28. The molecule has 2 aromatic rings. The number of terminal acetylenes is 1. The first kappa shape index (κ1) is 14.6. The molecule has 0 fully saturated rings. The van der Waals surface area contributed by atoms with Gasteiger partial charge in [-0.25, -0.2) is 4.79 Å². The van der Waals surface area contributed by atoms with Crippen molar-refractivity contribution >= 4 is 17.6 Å². The summed E-state index contributed by atoms with van der Waals surface area (Å²) in [6, 6.07) is 14.1. The highest BCUT2D eigenvalue weighted by Gasteiger charge is 2.49. The second-order valence-corrected chi connectivity index (χ2v) is 5.42. The summed E-state index contributed by atoms with van der Waals surface area (Å²) in [6.45, 7) is 1.73. The quantitative estimate of drug-likeness (QED) is 0.639. The first-order valence-electron chi connectivity index (χ1n) is 6.79. The molecule has 22 heavy (non-hydrogen) atoms. The van der Waals surface area contributed by atoms with Crippen molar-refractivity contribution in [3.8, 4) is 12.3 Å². The van der Waals surface area contributed by atoms with Gasteiger partial charge in [0.15, 0.2) is 0 Å². The van der Waals surface area contributed by atoms with Gasteiger partial charge in [-0.3, -0.25) is 0 Å². The van der Waals surface area contributed by atoms with Crippen LogP contribution in [0.25, 0.3) is 0 Å². The third-order valence-corrected chi connectivity index (χ3v) is 3.79. The smallest absolute Gasteiger partial charge is 0.341 e. The molecule has 0 saturated carbocycles. The third kappa shape index (κ3) is 2.27. The minimum absolute atomic E-state index is 0.435. The van der Waals surface area contributed by atoms with Gasteiger partial charge in [-0.1, -0.05) is 47.9 Å². The minimum atomic E-state index is -1.34. The van der Waals surface area contributed by atoms with E-state index in [9.17, 15) is 4.79 Å². The van der Waals surface area contributed by atoms with Crippen molar-refractivity contribution in [1.29, 1.82) is 0 Å². The highest BCUT2D eigenvalue weighted by molar-refractivity contribution is 6.30. The minimum Gasteiger partial charge on any atom is -0.420 e. The summed E-state index contributed by atoms with van der Waals surface area (Å²) < 4.78 is 11.6. The van der Waals surface area contributed by atoms with Gasteiger partial charge in [0.2, 0.25) is 0 Å². The zero-order valence-corrected chi connectivity index (χ0v) is 12.6. The summed E-state index contributed by atoms with van der Waals surface area (Å²) in [6.07, 6.45) is 4.90. The van der Waals surface area contributed by atoms with E-state index in [2.05, 4.69) is 5.92 Å². The number of cyclic esters (lactones) is 1. The first-order valence-corrected chi connectivity index (χ1v) is 7.17. The molecule has 1 aliphatic rings. The Labute approximate surface area is 133 Å². The zero-order valence-electron chi connectivity index (χ0n) is 11.9. The Morgan fingerprint density at radius 2 is 1.91 bits per heavy atom. The maximum absolute atomic E-state index is 12.2. The van der Waals surface area contributed by atoms with Gasteiger partial charge in [0, 0.05) is 16.1 Å². The molecule has 0 aliphatic carbocycles. The summed E-state index contributed by atoms with van der Waals surface area (Å²) in [4.78, 5) is 12.2. The number of hydrogen-bond donors (Lipinski definition) is 0. The molecular formula is C18H13ClO3. The number of halogens is 1. The molecule has 0 aromatic heterocycles. The van der Waals surface area contributed by atoms with Gasteiger partial charge in [-0.2, -0.15) is 0 Å². The van der Waals surface area contributed by atoms with Gasteiger partial charge in [0.05, 0.1) is 5.56 Å². The Balaban J connectivity index is 2.20. The molecule has 0 radical (unpaired) electrons. The number of ether oxygens (including phenoxy) is 2. The maximum atomic E-state index is 12.2. The highest BCUT2D eigenvalue weighted by Crippen LogP contribution is 2.43. The molecule has 0 saturated heterocycles. The van der Waals surface area contributed by atoms with Gasteiger partial charge >= 0.3 is 5.97 Å². The fourth-order valence-corrected chi connectivity index (χ4v) is 2.64. The summed E-state index contributed by atoms with van der Waals surface area (Å²) >= 11 is 5.94. The highest BCUT2D eigenvalue weighted by atomic mass is 35.5.